The molecule has 0 radical (unpaired) electrons. The van der Waals surface area contributed by atoms with E-state index in [-0.39, 0.29) is 5.91 Å². The Balaban J connectivity index is 2.14. The van der Waals surface area contributed by atoms with Crippen molar-refractivity contribution in [2.24, 2.45) is 5.92 Å². The summed E-state index contributed by atoms with van der Waals surface area (Å²) < 4.78 is 5.19. The number of hydrogen-bond acceptors (Lipinski definition) is 3. The molecular weight excluding hydrogens is 270 g/mol. The second-order valence-electron chi connectivity index (χ2n) is 5.49. The van der Waals surface area contributed by atoms with E-state index in [1.807, 2.05) is 40.9 Å². The van der Waals surface area contributed by atoms with E-state index >= 15 is 0 Å². The molecule has 3 nitrogen and oxygen atoms in total. The molecule has 0 N–H and O–H groups in total. The summed E-state index contributed by atoms with van der Waals surface area (Å²) in [6.07, 6.45) is 0. The topological polar surface area (TPSA) is 29.5 Å². The van der Waals surface area contributed by atoms with Gasteiger partial charge in [-0.2, -0.15) is 11.8 Å². The molecule has 1 aromatic rings. The largest absolute Gasteiger partial charge is 0.380 e. The number of benzene rings is 1. The Morgan fingerprint density at radius 2 is 2.20 bits per heavy atom. The minimum Gasteiger partial charge on any atom is -0.380 e. The van der Waals surface area contributed by atoms with Crippen LogP contribution in [-0.2, 0) is 11.3 Å². The normalized spacial score (nSPS) is 19.4. The third-order valence-corrected chi connectivity index (χ3v) is 5.21. The van der Waals surface area contributed by atoms with E-state index in [4.69, 9.17) is 4.74 Å². The zero-order valence-corrected chi connectivity index (χ0v) is 13.3. The van der Waals surface area contributed by atoms with Gasteiger partial charge in [0.05, 0.1) is 6.61 Å². The van der Waals surface area contributed by atoms with Crippen LogP contribution in [0.1, 0.15) is 29.8 Å². The first-order valence-electron chi connectivity index (χ1n) is 7.11. The predicted molar refractivity (Wildman–Crippen MR) is 84.1 cm³/mol. The van der Waals surface area contributed by atoms with Gasteiger partial charge in [0.2, 0.25) is 0 Å². The molecule has 1 aliphatic heterocycles. The average Bonchev–Trinajstić information content (AvgIpc) is 2.47. The standard InChI is InChI=1S/C16H23NO2S/c1-12(2)15-10-17(8-9-20-15)16(18)14-7-5-4-6-13(14)11-19-3/h4-7,12,15H,8-11H2,1-3H3. The second-order valence-corrected chi connectivity index (χ2v) is 6.84. The van der Waals surface area contributed by atoms with Gasteiger partial charge < -0.3 is 9.64 Å². The van der Waals surface area contributed by atoms with Crippen molar-refractivity contribution in [1.82, 2.24) is 4.90 Å². The molecule has 20 heavy (non-hydrogen) atoms. The van der Waals surface area contributed by atoms with Gasteiger partial charge in [-0.25, -0.2) is 0 Å². The van der Waals surface area contributed by atoms with Crippen LogP contribution in [0.4, 0.5) is 0 Å². The first-order valence-corrected chi connectivity index (χ1v) is 8.16. The molecule has 0 aromatic heterocycles. The summed E-state index contributed by atoms with van der Waals surface area (Å²) in [4.78, 5) is 14.7. The van der Waals surface area contributed by atoms with Gasteiger partial charge in [0.25, 0.3) is 5.91 Å². The zero-order valence-electron chi connectivity index (χ0n) is 12.5. The number of rotatable bonds is 4. The molecular formula is C16H23NO2S. The van der Waals surface area contributed by atoms with Crippen molar-refractivity contribution in [1.29, 1.82) is 0 Å². The maximum absolute atomic E-state index is 12.7. The summed E-state index contributed by atoms with van der Waals surface area (Å²) in [6.45, 7) is 6.63. The van der Waals surface area contributed by atoms with E-state index in [0.717, 1.165) is 30.0 Å². The quantitative estimate of drug-likeness (QED) is 0.854. The molecule has 1 atom stereocenters. The molecule has 0 bridgehead atoms. The van der Waals surface area contributed by atoms with E-state index in [1.54, 1.807) is 7.11 Å². The predicted octanol–water partition coefficient (Wildman–Crippen LogP) is 3.05. The van der Waals surface area contributed by atoms with Gasteiger partial charge >= 0.3 is 0 Å². The van der Waals surface area contributed by atoms with E-state index < -0.39 is 0 Å². The molecule has 4 heteroatoms. The molecule has 1 unspecified atom stereocenters. The molecule has 110 valence electrons. The first kappa shape index (κ1) is 15.4. The fourth-order valence-corrected chi connectivity index (χ4v) is 3.74. The summed E-state index contributed by atoms with van der Waals surface area (Å²) >= 11 is 1.98. The number of thioether (sulfide) groups is 1. The van der Waals surface area contributed by atoms with Crippen molar-refractivity contribution in [3.05, 3.63) is 35.4 Å². The fourth-order valence-electron chi connectivity index (χ4n) is 2.44. The highest BCUT2D eigenvalue weighted by molar-refractivity contribution is 8.00. The third-order valence-electron chi connectivity index (χ3n) is 3.67. The van der Waals surface area contributed by atoms with Gasteiger partial charge in [-0.3, -0.25) is 4.79 Å². The fraction of sp³-hybridized carbons (Fsp3) is 0.562. The van der Waals surface area contributed by atoms with E-state index in [0.29, 0.717) is 17.8 Å². The van der Waals surface area contributed by atoms with Gasteiger partial charge in [0.15, 0.2) is 0 Å². The van der Waals surface area contributed by atoms with Crippen LogP contribution in [0.3, 0.4) is 0 Å². The molecule has 0 aliphatic carbocycles. The average molecular weight is 293 g/mol. The van der Waals surface area contributed by atoms with Crippen molar-refractivity contribution in [3.63, 3.8) is 0 Å². The lowest BCUT2D eigenvalue weighted by atomic mass is 10.1. The monoisotopic (exact) mass is 293 g/mol. The highest BCUT2D eigenvalue weighted by atomic mass is 32.2. The van der Waals surface area contributed by atoms with Crippen molar-refractivity contribution in [3.8, 4) is 0 Å². The summed E-state index contributed by atoms with van der Waals surface area (Å²) in [7, 11) is 1.66. The molecule has 0 saturated carbocycles. The van der Waals surface area contributed by atoms with Gasteiger partial charge in [-0.15, -0.1) is 0 Å². The number of hydrogen-bond donors (Lipinski definition) is 0. The Bertz CT molecular complexity index is 462. The lowest BCUT2D eigenvalue weighted by molar-refractivity contribution is 0.0751. The number of carbonyl (C=O) groups excluding carboxylic acids is 1. The zero-order chi connectivity index (χ0) is 14.5. The Morgan fingerprint density at radius 3 is 2.90 bits per heavy atom. The Kier molecular flexibility index (Phi) is 5.49. The van der Waals surface area contributed by atoms with Crippen LogP contribution in [0.15, 0.2) is 24.3 Å². The summed E-state index contributed by atoms with van der Waals surface area (Å²) in [5, 5.41) is 0.544. The van der Waals surface area contributed by atoms with Crippen molar-refractivity contribution in [2.75, 3.05) is 26.0 Å². The molecule has 1 aromatic carbocycles. The Morgan fingerprint density at radius 1 is 1.45 bits per heavy atom. The van der Waals surface area contributed by atoms with Crippen LogP contribution < -0.4 is 0 Å². The minimum atomic E-state index is 0.142. The van der Waals surface area contributed by atoms with E-state index in [2.05, 4.69) is 13.8 Å². The Labute approximate surface area is 125 Å². The van der Waals surface area contributed by atoms with Gasteiger partial charge in [-0.1, -0.05) is 32.0 Å². The van der Waals surface area contributed by atoms with Crippen LogP contribution in [0, 0.1) is 5.92 Å². The van der Waals surface area contributed by atoms with Crippen LogP contribution in [0.5, 0.6) is 0 Å². The lowest BCUT2D eigenvalue weighted by Crippen LogP contribution is -2.43. The van der Waals surface area contributed by atoms with Crippen molar-refractivity contribution < 1.29 is 9.53 Å². The molecule has 0 spiro atoms. The van der Waals surface area contributed by atoms with Gasteiger partial charge in [0.1, 0.15) is 0 Å². The first-order chi connectivity index (χ1) is 9.63. The molecule has 2 rings (SSSR count). The number of amides is 1. The number of nitrogens with zero attached hydrogens (tertiary/aromatic N) is 1. The number of methoxy groups -OCH3 is 1. The number of carbonyl (C=O) groups is 1. The van der Waals surface area contributed by atoms with Crippen molar-refractivity contribution in [2.45, 2.75) is 25.7 Å². The molecule has 1 saturated heterocycles. The van der Waals surface area contributed by atoms with Crippen LogP contribution in [-0.4, -0.2) is 42.0 Å². The summed E-state index contributed by atoms with van der Waals surface area (Å²) in [6, 6.07) is 7.75. The summed E-state index contributed by atoms with van der Waals surface area (Å²) in [5.41, 5.74) is 1.75. The van der Waals surface area contributed by atoms with Crippen LogP contribution in [0.2, 0.25) is 0 Å². The second kappa shape index (κ2) is 7.14. The lowest BCUT2D eigenvalue weighted by Gasteiger charge is -2.34. The minimum absolute atomic E-state index is 0.142. The highest BCUT2D eigenvalue weighted by Gasteiger charge is 2.27. The van der Waals surface area contributed by atoms with E-state index in [9.17, 15) is 4.79 Å². The SMILES string of the molecule is COCc1ccccc1C(=O)N1CCSC(C(C)C)C1. The van der Waals surface area contributed by atoms with Crippen LogP contribution in [0.25, 0.3) is 0 Å². The third kappa shape index (κ3) is 3.55. The molecule has 1 amide bonds. The van der Waals surface area contributed by atoms with Gasteiger partial charge in [0, 0.05) is 36.8 Å². The molecule has 1 aliphatic rings. The van der Waals surface area contributed by atoms with Gasteiger partial charge in [-0.05, 0) is 17.5 Å². The van der Waals surface area contributed by atoms with Crippen LogP contribution >= 0.6 is 11.8 Å². The maximum atomic E-state index is 12.7. The maximum Gasteiger partial charge on any atom is 0.254 e. The summed E-state index contributed by atoms with van der Waals surface area (Å²) in [5.74, 6) is 1.77. The smallest absolute Gasteiger partial charge is 0.254 e. The highest BCUT2D eigenvalue weighted by Crippen LogP contribution is 2.26. The molecule has 1 fully saturated rings. The Hall–Kier alpha value is -1.00. The van der Waals surface area contributed by atoms with Crippen molar-refractivity contribution >= 4 is 17.7 Å². The van der Waals surface area contributed by atoms with E-state index in [1.165, 1.54) is 0 Å². The molecule has 1 heterocycles. The number of ether oxygens (including phenoxy) is 1.